The molecule has 1 aliphatic heterocycles. The zero-order chi connectivity index (χ0) is 20.3. The fourth-order valence-electron chi connectivity index (χ4n) is 2.82. The molecule has 1 N–H and O–H groups in total. The minimum absolute atomic E-state index is 0.0902. The number of anilines is 1. The summed E-state index contributed by atoms with van der Waals surface area (Å²) in [4.78, 5) is 26.8. The van der Waals surface area contributed by atoms with Gasteiger partial charge in [0.05, 0.1) is 5.25 Å². The van der Waals surface area contributed by atoms with Gasteiger partial charge in [-0.1, -0.05) is 51.4 Å². The molecule has 1 atom stereocenters. The van der Waals surface area contributed by atoms with Gasteiger partial charge in [-0.3, -0.25) is 14.5 Å². The highest BCUT2D eigenvalue weighted by Crippen LogP contribution is 2.42. The molecular formula is C20H15BrClN3O2S. The van der Waals surface area contributed by atoms with Crippen LogP contribution in [0.5, 0.6) is 0 Å². The molecule has 1 heterocycles. The molecule has 2 amide bonds. The first kappa shape index (κ1) is 20.5. The highest BCUT2D eigenvalue weighted by atomic mass is 79.9. The first-order valence-corrected chi connectivity index (χ1v) is 10.4. The summed E-state index contributed by atoms with van der Waals surface area (Å²) >= 11 is 10.6. The van der Waals surface area contributed by atoms with Crippen LogP contribution in [0.25, 0.3) is 0 Å². The van der Waals surface area contributed by atoms with Crippen LogP contribution in [-0.4, -0.2) is 24.1 Å². The van der Waals surface area contributed by atoms with Crippen molar-refractivity contribution in [3.63, 3.8) is 0 Å². The van der Waals surface area contributed by atoms with Gasteiger partial charge in [-0.2, -0.15) is 5.26 Å². The molecule has 0 bridgehead atoms. The zero-order valence-corrected chi connectivity index (χ0v) is 17.9. The average molecular weight is 477 g/mol. The number of nitrogens with zero attached hydrogens (tertiary/aromatic N) is 2. The van der Waals surface area contributed by atoms with Crippen molar-refractivity contribution in [1.82, 2.24) is 5.32 Å². The molecule has 0 radical (unpaired) electrons. The van der Waals surface area contributed by atoms with Gasteiger partial charge in [0.1, 0.15) is 16.7 Å². The number of nitriles is 1. The summed E-state index contributed by atoms with van der Waals surface area (Å²) in [5.74, 6) is -0.709. The molecule has 0 spiro atoms. The van der Waals surface area contributed by atoms with Gasteiger partial charge < -0.3 is 5.32 Å². The standard InChI is InChI=1S/C20H15BrClN3O2S/c1-24-18(26)16(11-23)20-25(15-7-5-14(22)6-8-15)19(27)17(28-20)10-12-3-2-4-13(21)9-12/h2-9,17H,10H2,1H3,(H,24,26). The van der Waals surface area contributed by atoms with Crippen LogP contribution < -0.4 is 10.2 Å². The summed E-state index contributed by atoms with van der Waals surface area (Å²) in [5, 5.41) is 12.4. The van der Waals surface area contributed by atoms with Gasteiger partial charge in [-0.15, -0.1) is 0 Å². The Labute approximate surface area is 180 Å². The Balaban J connectivity index is 2.04. The molecule has 1 unspecified atom stereocenters. The number of nitrogens with one attached hydrogen (secondary N) is 1. The molecule has 5 nitrogen and oxygen atoms in total. The summed E-state index contributed by atoms with van der Waals surface area (Å²) in [6, 6.07) is 16.4. The van der Waals surface area contributed by atoms with Gasteiger partial charge in [0.15, 0.2) is 0 Å². The molecule has 142 valence electrons. The van der Waals surface area contributed by atoms with Crippen molar-refractivity contribution in [2.24, 2.45) is 0 Å². The Morgan fingerprint density at radius 3 is 2.64 bits per heavy atom. The van der Waals surface area contributed by atoms with Gasteiger partial charge in [0.2, 0.25) is 5.91 Å². The monoisotopic (exact) mass is 475 g/mol. The quantitative estimate of drug-likeness (QED) is 0.528. The molecule has 2 aromatic rings. The number of rotatable bonds is 4. The van der Waals surface area contributed by atoms with E-state index < -0.39 is 11.2 Å². The van der Waals surface area contributed by atoms with Crippen molar-refractivity contribution in [2.75, 3.05) is 11.9 Å². The maximum Gasteiger partial charge on any atom is 0.264 e. The lowest BCUT2D eigenvalue weighted by molar-refractivity contribution is -0.117. The Morgan fingerprint density at radius 1 is 1.32 bits per heavy atom. The maximum absolute atomic E-state index is 13.2. The molecule has 0 aromatic heterocycles. The summed E-state index contributed by atoms with van der Waals surface area (Å²) in [5.41, 5.74) is 1.45. The number of hydrogen-bond acceptors (Lipinski definition) is 4. The summed E-state index contributed by atoms with van der Waals surface area (Å²) in [6.45, 7) is 0. The Morgan fingerprint density at radius 2 is 2.04 bits per heavy atom. The number of carbonyl (C=O) groups is 2. The van der Waals surface area contributed by atoms with E-state index in [1.54, 1.807) is 24.3 Å². The molecule has 1 aliphatic rings. The van der Waals surface area contributed by atoms with E-state index in [0.29, 0.717) is 22.2 Å². The lowest BCUT2D eigenvalue weighted by Crippen LogP contribution is -2.31. The molecular weight excluding hydrogens is 462 g/mol. The largest absolute Gasteiger partial charge is 0.354 e. The molecule has 0 aliphatic carbocycles. The summed E-state index contributed by atoms with van der Waals surface area (Å²) in [6.07, 6.45) is 0.475. The number of thioether (sulfide) groups is 1. The Bertz CT molecular complexity index is 1000. The van der Waals surface area contributed by atoms with Gasteiger partial charge in [0, 0.05) is 22.2 Å². The minimum atomic E-state index is -0.528. The smallest absolute Gasteiger partial charge is 0.264 e. The van der Waals surface area contributed by atoms with E-state index in [2.05, 4.69) is 21.2 Å². The second-order valence-corrected chi connectivity index (χ2v) is 8.51. The molecule has 1 fully saturated rings. The second-order valence-electron chi connectivity index (χ2n) is 5.96. The van der Waals surface area contributed by atoms with Gasteiger partial charge in [-0.05, 0) is 48.4 Å². The van der Waals surface area contributed by atoms with Gasteiger partial charge >= 0.3 is 0 Å². The van der Waals surface area contributed by atoms with E-state index in [4.69, 9.17) is 11.6 Å². The van der Waals surface area contributed by atoms with E-state index >= 15 is 0 Å². The van der Waals surface area contributed by atoms with E-state index in [1.165, 1.54) is 23.7 Å². The lowest BCUT2D eigenvalue weighted by atomic mass is 10.1. The van der Waals surface area contributed by atoms with E-state index in [-0.39, 0.29) is 11.5 Å². The zero-order valence-electron chi connectivity index (χ0n) is 14.8. The number of benzene rings is 2. The van der Waals surface area contributed by atoms with Crippen LogP contribution in [0, 0.1) is 11.3 Å². The molecule has 2 aromatic carbocycles. The highest BCUT2D eigenvalue weighted by Gasteiger charge is 2.40. The SMILES string of the molecule is CNC(=O)C(C#N)=C1SC(Cc2cccc(Br)c2)C(=O)N1c1ccc(Cl)cc1. The Hall–Kier alpha value is -2.27. The average Bonchev–Trinajstić information content (AvgIpc) is 2.99. The third-order valence-corrected chi connectivity index (χ3v) is 6.14. The van der Waals surface area contributed by atoms with Crippen LogP contribution in [0.4, 0.5) is 5.69 Å². The van der Waals surface area contributed by atoms with Crippen molar-refractivity contribution in [2.45, 2.75) is 11.7 Å². The van der Waals surface area contributed by atoms with Crippen LogP contribution in [0.2, 0.25) is 5.02 Å². The Kier molecular flexibility index (Phi) is 6.45. The highest BCUT2D eigenvalue weighted by molar-refractivity contribution is 9.10. The van der Waals surface area contributed by atoms with Crippen molar-refractivity contribution in [3.05, 3.63) is 74.2 Å². The predicted octanol–water partition coefficient (Wildman–Crippen LogP) is 4.27. The van der Waals surface area contributed by atoms with Crippen molar-refractivity contribution in [1.29, 1.82) is 5.26 Å². The van der Waals surface area contributed by atoms with E-state index in [0.717, 1.165) is 10.0 Å². The van der Waals surface area contributed by atoms with Crippen LogP contribution in [0.1, 0.15) is 5.56 Å². The second kappa shape index (κ2) is 8.82. The first-order valence-electron chi connectivity index (χ1n) is 8.31. The van der Waals surface area contributed by atoms with Crippen molar-refractivity contribution >= 4 is 56.8 Å². The number of likely N-dealkylation sites (N-methyl/N-ethyl adjacent to an activating group) is 1. The molecule has 0 saturated carbocycles. The third-order valence-electron chi connectivity index (χ3n) is 4.13. The molecule has 3 rings (SSSR count). The van der Waals surface area contributed by atoms with E-state index in [1.807, 2.05) is 30.3 Å². The van der Waals surface area contributed by atoms with E-state index in [9.17, 15) is 14.9 Å². The fourth-order valence-corrected chi connectivity index (χ4v) is 4.70. The predicted molar refractivity (Wildman–Crippen MR) is 115 cm³/mol. The molecule has 28 heavy (non-hydrogen) atoms. The third kappa shape index (κ3) is 4.25. The van der Waals surface area contributed by atoms with Gasteiger partial charge in [0.25, 0.3) is 5.91 Å². The van der Waals surface area contributed by atoms with Crippen LogP contribution in [0.15, 0.2) is 63.6 Å². The van der Waals surface area contributed by atoms with Crippen LogP contribution >= 0.6 is 39.3 Å². The van der Waals surface area contributed by atoms with Crippen molar-refractivity contribution < 1.29 is 9.59 Å². The van der Waals surface area contributed by atoms with Crippen LogP contribution in [-0.2, 0) is 16.0 Å². The normalized spacial score (nSPS) is 18.0. The van der Waals surface area contributed by atoms with Gasteiger partial charge in [-0.25, -0.2) is 0 Å². The molecule has 1 saturated heterocycles. The first-order chi connectivity index (χ1) is 13.4. The number of amides is 2. The summed E-state index contributed by atoms with van der Waals surface area (Å²) < 4.78 is 0.925. The lowest BCUT2D eigenvalue weighted by Gasteiger charge is -2.18. The van der Waals surface area contributed by atoms with Crippen molar-refractivity contribution in [3.8, 4) is 6.07 Å². The van der Waals surface area contributed by atoms with Crippen LogP contribution in [0.3, 0.4) is 0 Å². The maximum atomic E-state index is 13.2. The number of halogens is 2. The number of carbonyl (C=O) groups excluding carboxylic acids is 2. The summed E-state index contributed by atoms with van der Waals surface area (Å²) in [7, 11) is 1.45. The fraction of sp³-hybridized carbons (Fsp3) is 0.150. The topological polar surface area (TPSA) is 73.2 Å². The minimum Gasteiger partial charge on any atom is -0.354 e. The molecule has 8 heteroatoms. The number of hydrogen-bond donors (Lipinski definition) is 1.